The Balaban J connectivity index is 2.20. The summed E-state index contributed by atoms with van der Waals surface area (Å²) in [6.07, 6.45) is -0.308. The van der Waals surface area contributed by atoms with Gasteiger partial charge in [0, 0.05) is 17.4 Å². The average molecular weight is 309 g/mol. The van der Waals surface area contributed by atoms with Gasteiger partial charge in [0.1, 0.15) is 0 Å². The van der Waals surface area contributed by atoms with Crippen LogP contribution in [0.3, 0.4) is 0 Å². The summed E-state index contributed by atoms with van der Waals surface area (Å²) in [6.45, 7) is 0. The number of carboxylic acids is 1. The van der Waals surface area contributed by atoms with Crippen LogP contribution < -0.4 is 10.4 Å². The predicted octanol–water partition coefficient (Wildman–Crippen LogP) is 2.01. The number of carbonyl (C=O) groups is 2. The molecule has 1 N–H and O–H groups in total. The van der Waals surface area contributed by atoms with E-state index >= 15 is 0 Å². The number of nitrogens with one attached hydrogen (secondary N) is 1. The summed E-state index contributed by atoms with van der Waals surface area (Å²) >= 11 is 7.18. The SMILES string of the molecule is O=C([O-])C[C@@H](NC(=O)c1cccs1)c1cccc(Cl)c1. The van der Waals surface area contributed by atoms with Gasteiger partial charge >= 0.3 is 0 Å². The highest BCUT2D eigenvalue weighted by molar-refractivity contribution is 7.12. The van der Waals surface area contributed by atoms with Crippen molar-refractivity contribution in [3.05, 3.63) is 57.2 Å². The molecule has 4 nitrogen and oxygen atoms in total. The highest BCUT2D eigenvalue weighted by atomic mass is 35.5. The van der Waals surface area contributed by atoms with E-state index in [1.54, 1.807) is 41.8 Å². The highest BCUT2D eigenvalue weighted by Crippen LogP contribution is 2.21. The van der Waals surface area contributed by atoms with Crippen molar-refractivity contribution in [1.29, 1.82) is 0 Å². The van der Waals surface area contributed by atoms with Gasteiger partial charge in [-0.15, -0.1) is 11.3 Å². The van der Waals surface area contributed by atoms with Crippen LogP contribution in [-0.4, -0.2) is 11.9 Å². The van der Waals surface area contributed by atoms with E-state index in [2.05, 4.69) is 5.32 Å². The number of aliphatic carboxylic acids is 1. The number of carbonyl (C=O) groups excluding carboxylic acids is 2. The van der Waals surface area contributed by atoms with Gasteiger partial charge in [0.15, 0.2) is 0 Å². The van der Waals surface area contributed by atoms with Gasteiger partial charge in [-0.3, -0.25) is 4.79 Å². The summed E-state index contributed by atoms with van der Waals surface area (Å²) in [5.41, 5.74) is 0.631. The molecule has 0 aliphatic carbocycles. The molecule has 0 radical (unpaired) electrons. The lowest BCUT2D eigenvalue weighted by Crippen LogP contribution is -2.33. The lowest BCUT2D eigenvalue weighted by Gasteiger charge is -2.19. The number of hydrogen-bond acceptors (Lipinski definition) is 4. The molecule has 2 aromatic rings. The second-order valence-corrected chi connectivity index (χ2v) is 5.52. The average Bonchev–Trinajstić information content (AvgIpc) is 2.91. The van der Waals surface area contributed by atoms with Gasteiger partial charge in [-0.05, 0) is 29.1 Å². The molecule has 104 valence electrons. The number of amides is 1. The molecule has 0 bridgehead atoms. The Labute approximate surface area is 125 Å². The molecule has 1 heterocycles. The minimum Gasteiger partial charge on any atom is -0.550 e. The largest absolute Gasteiger partial charge is 0.550 e. The molecule has 1 atom stereocenters. The van der Waals surface area contributed by atoms with Crippen molar-refractivity contribution in [3.8, 4) is 0 Å². The summed E-state index contributed by atoms with van der Waals surface area (Å²) in [7, 11) is 0. The number of benzene rings is 1. The Morgan fingerprint density at radius 1 is 1.30 bits per heavy atom. The van der Waals surface area contributed by atoms with Gasteiger partial charge in [0.25, 0.3) is 5.91 Å². The predicted molar refractivity (Wildman–Crippen MR) is 75.6 cm³/mol. The Bertz CT molecular complexity index is 613. The molecule has 0 unspecified atom stereocenters. The molecule has 0 spiro atoms. The summed E-state index contributed by atoms with van der Waals surface area (Å²) in [5, 5.41) is 15.8. The molecular formula is C14H11ClNO3S-. The molecular weight excluding hydrogens is 298 g/mol. The van der Waals surface area contributed by atoms with Crippen LogP contribution in [0.1, 0.15) is 27.7 Å². The summed E-state index contributed by atoms with van der Waals surface area (Å²) in [4.78, 5) is 23.4. The fourth-order valence-electron chi connectivity index (χ4n) is 1.78. The quantitative estimate of drug-likeness (QED) is 0.918. The third kappa shape index (κ3) is 3.82. The summed E-state index contributed by atoms with van der Waals surface area (Å²) in [5.74, 6) is -1.55. The molecule has 0 aliphatic heterocycles. The van der Waals surface area contributed by atoms with E-state index in [0.29, 0.717) is 15.5 Å². The van der Waals surface area contributed by atoms with Gasteiger partial charge in [-0.1, -0.05) is 29.8 Å². The molecule has 0 saturated carbocycles. The van der Waals surface area contributed by atoms with E-state index in [1.807, 2.05) is 0 Å². The van der Waals surface area contributed by atoms with Crippen molar-refractivity contribution >= 4 is 34.8 Å². The second kappa shape index (κ2) is 6.54. The second-order valence-electron chi connectivity index (χ2n) is 4.13. The van der Waals surface area contributed by atoms with Gasteiger partial charge in [0.2, 0.25) is 0 Å². The fraction of sp³-hybridized carbons (Fsp3) is 0.143. The van der Waals surface area contributed by atoms with Gasteiger partial charge in [0.05, 0.1) is 10.9 Å². The first-order valence-corrected chi connectivity index (χ1v) is 7.11. The van der Waals surface area contributed by atoms with Crippen LogP contribution in [0.25, 0.3) is 0 Å². The van der Waals surface area contributed by atoms with Crippen molar-refractivity contribution in [2.45, 2.75) is 12.5 Å². The van der Waals surface area contributed by atoms with Crippen LogP contribution in [0.15, 0.2) is 41.8 Å². The minimum absolute atomic E-state index is 0.308. The third-order valence-corrected chi connectivity index (χ3v) is 3.78. The van der Waals surface area contributed by atoms with Crippen LogP contribution in [0, 0.1) is 0 Å². The number of halogens is 1. The van der Waals surface area contributed by atoms with Crippen molar-refractivity contribution in [1.82, 2.24) is 5.32 Å². The molecule has 1 aromatic carbocycles. The monoisotopic (exact) mass is 308 g/mol. The number of hydrogen-bond donors (Lipinski definition) is 1. The Morgan fingerprint density at radius 2 is 2.10 bits per heavy atom. The molecule has 0 saturated heterocycles. The maximum Gasteiger partial charge on any atom is 0.261 e. The molecule has 1 amide bonds. The smallest absolute Gasteiger partial charge is 0.261 e. The topological polar surface area (TPSA) is 69.2 Å². The van der Waals surface area contributed by atoms with E-state index in [9.17, 15) is 14.7 Å². The van der Waals surface area contributed by atoms with Crippen LogP contribution in [0.4, 0.5) is 0 Å². The highest BCUT2D eigenvalue weighted by Gasteiger charge is 2.17. The zero-order chi connectivity index (χ0) is 14.5. The van der Waals surface area contributed by atoms with E-state index in [0.717, 1.165) is 0 Å². The summed E-state index contributed by atoms with van der Waals surface area (Å²) in [6, 6.07) is 9.49. The number of carboxylic acid groups (broad SMARTS) is 1. The Morgan fingerprint density at radius 3 is 2.70 bits per heavy atom. The van der Waals surface area contributed by atoms with Crippen molar-refractivity contribution in [3.63, 3.8) is 0 Å². The normalized spacial score (nSPS) is 11.8. The van der Waals surface area contributed by atoms with E-state index in [-0.39, 0.29) is 12.3 Å². The standard InChI is InChI=1S/C14H12ClNO3S/c15-10-4-1-3-9(7-10)11(8-13(17)18)16-14(19)12-5-2-6-20-12/h1-7,11H,8H2,(H,16,19)(H,17,18)/p-1/t11-/m1/s1. The fourth-order valence-corrected chi connectivity index (χ4v) is 2.60. The molecule has 0 fully saturated rings. The molecule has 1 aromatic heterocycles. The molecule has 20 heavy (non-hydrogen) atoms. The first-order chi connectivity index (χ1) is 9.56. The van der Waals surface area contributed by atoms with Crippen LogP contribution in [0.5, 0.6) is 0 Å². The van der Waals surface area contributed by atoms with Gasteiger partial charge in [-0.2, -0.15) is 0 Å². The van der Waals surface area contributed by atoms with Crippen LogP contribution in [-0.2, 0) is 4.79 Å². The third-order valence-electron chi connectivity index (χ3n) is 2.67. The van der Waals surface area contributed by atoms with E-state index in [4.69, 9.17) is 11.6 Å². The first-order valence-electron chi connectivity index (χ1n) is 5.86. The molecule has 2 rings (SSSR count). The van der Waals surface area contributed by atoms with Gasteiger partial charge in [-0.25, -0.2) is 0 Å². The molecule has 6 heteroatoms. The zero-order valence-electron chi connectivity index (χ0n) is 10.3. The maximum atomic E-state index is 12.0. The number of thiophene rings is 1. The molecule has 0 aliphatic rings. The zero-order valence-corrected chi connectivity index (χ0v) is 11.9. The van der Waals surface area contributed by atoms with Gasteiger partial charge < -0.3 is 15.2 Å². The Hall–Kier alpha value is -1.85. The maximum absolute atomic E-state index is 12.0. The summed E-state index contributed by atoms with van der Waals surface area (Å²) < 4.78 is 0. The lowest BCUT2D eigenvalue weighted by molar-refractivity contribution is -0.306. The van der Waals surface area contributed by atoms with Crippen LogP contribution in [0.2, 0.25) is 5.02 Å². The number of rotatable bonds is 5. The Kier molecular flexibility index (Phi) is 4.76. The van der Waals surface area contributed by atoms with E-state index < -0.39 is 12.0 Å². The lowest BCUT2D eigenvalue weighted by atomic mass is 10.0. The van der Waals surface area contributed by atoms with Crippen molar-refractivity contribution in [2.24, 2.45) is 0 Å². The van der Waals surface area contributed by atoms with Crippen molar-refractivity contribution < 1.29 is 14.7 Å². The van der Waals surface area contributed by atoms with Crippen molar-refractivity contribution in [2.75, 3.05) is 0 Å². The minimum atomic E-state index is -1.23. The van der Waals surface area contributed by atoms with Crippen LogP contribution >= 0.6 is 22.9 Å². The first kappa shape index (κ1) is 14.6. The van der Waals surface area contributed by atoms with E-state index in [1.165, 1.54) is 11.3 Å².